The highest BCUT2D eigenvalue weighted by Crippen LogP contribution is 2.31. The average Bonchev–Trinajstić information content (AvgIpc) is 2.64. The summed E-state index contributed by atoms with van der Waals surface area (Å²) in [5.41, 5.74) is 4.98. The van der Waals surface area contributed by atoms with Crippen LogP contribution in [0.2, 0.25) is 0 Å². The molecule has 0 radical (unpaired) electrons. The van der Waals surface area contributed by atoms with Crippen LogP contribution < -0.4 is 0 Å². The minimum absolute atomic E-state index is 0.770. The lowest BCUT2D eigenvalue weighted by Crippen LogP contribution is -2.04. The molecule has 0 aliphatic heterocycles. The molecule has 1 aromatic heterocycles. The number of nitrogens with zero attached hydrogens (tertiary/aromatic N) is 2. The van der Waals surface area contributed by atoms with E-state index in [-0.39, 0.29) is 0 Å². The van der Waals surface area contributed by atoms with Crippen LogP contribution >= 0.6 is 0 Å². The molecule has 0 spiro atoms. The normalized spacial score (nSPS) is 14.8. The van der Waals surface area contributed by atoms with E-state index in [2.05, 4.69) is 23.8 Å². The molecule has 80 valence electrons. The smallest absolute Gasteiger partial charge is 0.0991 e. The van der Waals surface area contributed by atoms with Crippen molar-refractivity contribution in [3.63, 3.8) is 0 Å². The van der Waals surface area contributed by atoms with Gasteiger partial charge in [-0.2, -0.15) is 5.26 Å². The lowest BCUT2D eigenvalue weighted by atomic mass is 9.95. The molecular formula is C14H14N2. The summed E-state index contributed by atoms with van der Waals surface area (Å²) in [6.07, 6.45) is 4.93. The third-order valence-electron chi connectivity index (χ3n) is 3.66. The van der Waals surface area contributed by atoms with Crippen LogP contribution in [0.5, 0.6) is 0 Å². The van der Waals surface area contributed by atoms with Crippen molar-refractivity contribution in [2.75, 3.05) is 0 Å². The van der Waals surface area contributed by atoms with E-state index in [4.69, 9.17) is 5.26 Å². The standard InChI is InChI=1S/C14H14N2/c1-16-13-5-3-2-4-11(13)12-8-10(9-15)6-7-14(12)16/h6-8H,2-5H2,1H3. The molecule has 1 aliphatic rings. The number of fused-ring (bicyclic) bond motifs is 3. The maximum absolute atomic E-state index is 8.95. The molecule has 0 saturated carbocycles. The summed E-state index contributed by atoms with van der Waals surface area (Å²) in [7, 11) is 2.14. The molecule has 0 fully saturated rings. The van der Waals surface area contributed by atoms with Gasteiger partial charge in [0.05, 0.1) is 11.6 Å². The molecule has 2 heteroatoms. The molecule has 0 unspecified atom stereocenters. The summed E-state index contributed by atoms with van der Waals surface area (Å²) in [5.74, 6) is 0. The van der Waals surface area contributed by atoms with E-state index in [1.807, 2.05) is 12.1 Å². The number of aromatic nitrogens is 1. The fourth-order valence-corrected chi connectivity index (χ4v) is 2.83. The van der Waals surface area contributed by atoms with Crippen LogP contribution in [0, 0.1) is 11.3 Å². The maximum Gasteiger partial charge on any atom is 0.0991 e. The number of benzene rings is 1. The Labute approximate surface area is 95.1 Å². The Hall–Kier alpha value is -1.75. The fraction of sp³-hybridized carbons (Fsp3) is 0.357. The van der Waals surface area contributed by atoms with E-state index in [1.54, 1.807) is 0 Å². The van der Waals surface area contributed by atoms with Crippen molar-refractivity contribution in [2.45, 2.75) is 25.7 Å². The maximum atomic E-state index is 8.95. The predicted molar refractivity (Wildman–Crippen MR) is 64.3 cm³/mol. The van der Waals surface area contributed by atoms with E-state index in [1.165, 1.54) is 47.8 Å². The van der Waals surface area contributed by atoms with E-state index < -0.39 is 0 Å². The Morgan fingerprint density at radius 1 is 1.25 bits per heavy atom. The van der Waals surface area contributed by atoms with E-state index in [0.29, 0.717) is 0 Å². The third kappa shape index (κ3) is 1.18. The third-order valence-corrected chi connectivity index (χ3v) is 3.66. The van der Waals surface area contributed by atoms with Gasteiger partial charge in [-0.25, -0.2) is 0 Å². The second-order valence-corrected chi connectivity index (χ2v) is 4.54. The van der Waals surface area contributed by atoms with Crippen molar-refractivity contribution in [3.05, 3.63) is 35.0 Å². The molecule has 0 amide bonds. The zero-order chi connectivity index (χ0) is 11.1. The van der Waals surface area contributed by atoms with Crippen molar-refractivity contribution in [3.8, 4) is 6.07 Å². The minimum atomic E-state index is 0.770. The van der Waals surface area contributed by atoms with Gasteiger partial charge in [0.15, 0.2) is 0 Å². The molecule has 2 nitrogen and oxygen atoms in total. The quantitative estimate of drug-likeness (QED) is 0.657. The molecule has 0 bridgehead atoms. The Morgan fingerprint density at radius 2 is 2.06 bits per heavy atom. The first-order chi connectivity index (χ1) is 7.81. The summed E-state index contributed by atoms with van der Waals surface area (Å²) in [6, 6.07) is 8.25. The van der Waals surface area contributed by atoms with E-state index in [0.717, 1.165) is 5.56 Å². The number of hydrogen-bond acceptors (Lipinski definition) is 1. The zero-order valence-corrected chi connectivity index (χ0v) is 9.45. The summed E-state index contributed by atoms with van der Waals surface area (Å²) < 4.78 is 2.30. The lowest BCUT2D eigenvalue weighted by molar-refractivity contribution is 0.653. The lowest BCUT2D eigenvalue weighted by Gasteiger charge is -2.12. The predicted octanol–water partition coefficient (Wildman–Crippen LogP) is 2.93. The molecular weight excluding hydrogens is 196 g/mol. The van der Waals surface area contributed by atoms with Gasteiger partial charge in [-0.3, -0.25) is 0 Å². The zero-order valence-electron chi connectivity index (χ0n) is 9.45. The molecule has 3 rings (SSSR count). The van der Waals surface area contributed by atoms with Gasteiger partial charge in [-0.15, -0.1) is 0 Å². The molecule has 0 N–H and O–H groups in total. The fourth-order valence-electron chi connectivity index (χ4n) is 2.83. The van der Waals surface area contributed by atoms with Crippen LogP contribution in [0.15, 0.2) is 18.2 Å². The van der Waals surface area contributed by atoms with Gasteiger partial charge in [0.1, 0.15) is 0 Å². The van der Waals surface area contributed by atoms with Crippen molar-refractivity contribution in [1.29, 1.82) is 5.26 Å². The summed E-state index contributed by atoms with van der Waals surface area (Å²) in [6.45, 7) is 0. The SMILES string of the molecule is Cn1c2c(c3cc(C#N)ccc31)CCCC2. The van der Waals surface area contributed by atoms with Crippen molar-refractivity contribution < 1.29 is 0 Å². The summed E-state index contributed by atoms with van der Waals surface area (Å²) in [5, 5.41) is 10.2. The van der Waals surface area contributed by atoms with Crippen molar-refractivity contribution in [1.82, 2.24) is 4.57 Å². The summed E-state index contributed by atoms with van der Waals surface area (Å²) in [4.78, 5) is 0. The molecule has 16 heavy (non-hydrogen) atoms. The second-order valence-electron chi connectivity index (χ2n) is 4.54. The largest absolute Gasteiger partial charge is 0.347 e. The molecule has 1 aliphatic carbocycles. The van der Waals surface area contributed by atoms with Crippen molar-refractivity contribution in [2.24, 2.45) is 7.05 Å². The molecule has 0 saturated heterocycles. The van der Waals surface area contributed by atoms with E-state index in [9.17, 15) is 0 Å². The Bertz CT molecular complexity index is 599. The first-order valence-corrected chi connectivity index (χ1v) is 5.81. The van der Waals surface area contributed by atoms with Gasteiger partial charge in [0.25, 0.3) is 0 Å². The van der Waals surface area contributed by atoms with Gasteiger partial charge in [0.2, 0.25) is 0 Å². The van der Waals surface area contributed by atoms with Crippen LogP contribution in [0.3, 0.4) is 0 Å². The average molecular weight is 210 g/mol. The number of rotatable bonds is 0. The Kier molecular flexibility index (Phi) is 2.00. The number of aryl methyl sites for hydroxylation is 2. The van der Waals surface area contributed by atoms with Gasteiger partial charge in [-0.1, -0.05) is 0 Å². The molecule has 1 heterocycles. The highest BCUT2D eigenvalue weighted by Gasteiger charge is 2.18. The highest BCUT2D eigenvalue weighted by molar-refractivity contribution is 5.87. The van der Waals surface area contributed by atoms with Crippen LogP contribution in [0.4, 0.5) is 0 Å². The van der Waals surface area contributed by atoms with Crippen LogP contribution in [0.1, 0.15) is 29.7 Å². The minimum Gasteiger partial charge on any atom is -0.347 e. The number of nitriles is 1. The van der Waals surface area contributed by atoms with Crippen LogP contribution in [-0.2, 0) is 19.9 Å². The molecule has 1 aromatic carbocycles. The van der Waals surface area contributed by atoms with E-state index >= 15 is 0 Å². The molecule has 0 atom stereocenters. The van der Waals surface area contributed by atoms with Crippen LogP contribution in [-0.4, -0.2) is 4.57 Å². The van der Waals surface area contributed by atoms with Crippen LogP contribution in [0.25, 0.3) is 10.9 Å². The molecule has 2 aromatic rings. The van der Waals surface area contributed by atoms with Gasteiger partial charge < -0.3 is 4.57 Å². The monoisotopic (exact) mass is 210 g/mol. The summed E-state index contributed by atoms with van der Waals surface area (Å²) >= 11 is 0. The van der Waals surface area contributed by atoms with Crippen molar-refractivity contribution >= 4 is 10.9 Å². The number of hydrogen-bond donors (Lipinski definition) is 0. The highest BCUT2D eigenvalue weighted by atomic mass is 14.9. The first kappa shape index (κ1) is 9.47. The second kappa shape index (κ2) is 3.38. The van der Waals surface area contributed by atoms with Gasteiger partial charge >= 0.3 is 0 Å². The first-order valence-electron chi connectivity index (χ1n) is 5.81. The Morgan fingerprint density at radius 3 is 2.88 bits per heavy atom. The topological polar surface area (TPSA) is 28.7 Å². The Balaban J connectivity index is 2.37. The van der Waals surface area contributed by atoms with Gasteiger partial charge in [-0.05, 0) is 49.4 Å². The van der Waals surface area contributed by atoms with Gasteiger partial charge in [0, 0.05) is 23.6 Å².